The summed E-state index contributed by atoms with van der Waals surface area (Å²) in [4.78, 5) is 4.38. The van der Waals surface area contributed by atoms with Crippen LogP contribution in [0.4, 0.5) is 0 Å². The van der Waals surface area contributed by atoms with Gasteiger partial charge in [-0.05, 0) is 31.0 Å². The van der Waals surface area contributed by atoms with Gasteiger partial charge in [0.25, 0.3) is 0 Å². The molecule has 0 spiro atoms. The molecule has 0 aliphatic heterocycles. The average Bonchev–Trinajstić information content (AvgIpc) is 2.81. The van der Waals surface area contributed by atoms with Gasteiger partial charge >= 0.3 is 0 Å². The van der Waals surface area contributed by atoms with E-state index in [1.165, 1.54) is 0 Å². The monoisotopic (exact) mass is 274 g/mol. The molecule has 0 bridgehead atoms. The SMILES string of the molecule is CCCc1ncc([C@@H](O)c2ccc(OCC)cc2)n1C. The minimum Gasteiger partial charge on any atom is -0.494 e. The van der Waals surface area contributed by atoms with E-state index in [1.807, 2.05) is 42.8 Å². The molecule has 1 aromatic heterocycles. The summed E-state index contributed by atoms with van der Waals surface area (Å²) in [6.07, 6.45) is 3.07. The predicted molar refractivity (Wildman–Crippen MR) is 78.9 cm³/mol. The molecule has 108 valence electrons. The Bertz CT molecular complexity index is 546. The lowest BCUT2D eigenvalue weighted by atomic mass is 10.1. The Balaban J connectivity index is 2.20. The van der Waals surface area contributed by atoms with Crippen LogP contribution in [0, 0.1) is 0 Å². The van der Waals surface area contributed by atoms with Crippen LogP contribution in [0.1, 0.15) is 43.5 Å². The average molecular weight is 274 g/mol. The van der Waals surface area contributed by atoms with Gasteiger partial charge < -0.3 is 14.4 Å². The maximum atomic E-state index is 10.5. The first-order chi connectivity index (χ1) is 9.67. The van der Waals surface area contributed by atoms with Crippen molar-refractivity contribution in [2.45, 2.75) is 32.8 Å². The van der Waals surface area contributed by atoms with Gasteiger partial charge in [-0.15, -0.1) is 0 Å². The van der Waals surface area contributed by atoms with Gasteiger partial charge in [-0.1, -0.05) is 19.1 Å². The number of nitrogens with zero attached hydrogens (tertiary/aromatic N) is 2. The molecule has 1 heterocycles. The number of hydrogen-bond acceptors (Lipinski definition) is 3. The predicted octanol–water partition coefficient (Wildman–Crippen LogP) is 2.85. The van der Waals surface area contributed by atoms with Crippen LogP contribution < -0.4 is 4.74 Å². The molecule has 2 rings (SSSR count). The third-order valence-electron chi connectivity index (χ3n) is 3.38. The van der Waals surface area contributed by atoms with Crippen molar-refractivity contribution >= 4 is 0 Å². The van der Waals surface area contributed by atoms with Crippen molar-refractivity contribution in [3.05, 3.63) is 47.5 Å². The number of aliphatic hydroxyl groups excluding tert-OH is 1. The van der Waals surface area contributed by atoms with E-state index in [0.29, 0.717) is 6.61 Å². The Morgan fingerprint density at radius 1 is 1.25 bits per heavy atom. The number of ether oxygens (including phenoxy) is 1. The maximum absolute atomic E-state index is 10.5. The smallest absolute Gasteiger partial charge is 0.121 e. The second-order valence-electron chi connectivity index (χ2n) is 4.81. The Labute approximate surface area is 120 Å². The molecule has 0 saturated heterocycles. The van der Waals surface area contributed by atoms with Gasteiger partial charge in [0.1, 0.15) is 17.7 Å². The highest BCUT2D eigenvalue weighted by Gasteiger charge is 2.16. The number of benzene rings is 1. The molecule has 0 amide bonds. The Morgan fingerprint density at radius 3 is 2.55 bits per heavy atom. The van der Waals surface area contributed by atoms with Crippen molar-refractivity contribution in [3.63, 3.8) is 0 Å². The van der Waals surface area contributed by atoms with E-state index in [0.717, 1.165) is 35.7 Å². The number of aryl methyl sites for hydroxylation is 1. The zero-order chi connectivity index (χ0) is 14.5. The highest BCUT2D eigenvalue weighted by atomic mass is 16.5. The molecule has 1 atom stereocenters. The highest BCUT2D eigenvalue weighted by Crippen LogP contribution is 2.24. The van der Waals surface area contributed by atoms with Gasteiger partial charge in [0.2, 0.25) is 0 Å². The molecule has 0 saturated carbocycles. The Kier molecular flexibility index (Phi) is 4.79. The molecule has 0 aliphatic rings. The van der Waals surface area contributed by atoms with Crippen LogP contribution in [-0.4, -0.2) is 21.3 Å². The molecular formula is C16H22N2O2. The van der Waals surface area contributed by atoms with E-state index >= 15 is 0 Å². The van der Waals surface area contributed by atoms with Crippen LogP contribution in [0.2, 0.25) is 0 Å². The quantitative estimate of drug-likeness (QED) is 0.881. The summed E-state index contributed by atoms with van der Waals surface area (Å²) < 4.78 is 7.38. The van der Waals surface area contributed by atoms with Crippen LogP contribution in [0.3, 0.4) is 0 Å². The molecule has 2 aromatic rings. The zero-order valence-corrected chi connectivity index (χ0v) is 12.3. The van der Waals surface area contributed by atoms with E-state index in [1.54, 1.807) is 6.20 Å². The number of rotatable bonds is 6. The lowest BCUT2D eigenvalue weighted by molar-refractivity contribution is 0.211. The minimum atomic E-state index is -0.659. The second-order valence-corrected chi connectivity index (χ2v) is 4.81. The lowest BCUT2D eigenvalue weighted by Gasteiger charge is -2.13. The summed E-state index contributed by atoms with van der Waals surface area (Å²) >= 11 is 0. The summed E-state index contributed by atoms with van der Waals surface area (Å²) in [5, 5.41) is 10.5. The lowest BCUT2D eigenvalue weighted by Crippen LogP contribution is -2.08. The standard InChI is InChI=1S/C16H22N2O2/c1-4-6-15-17-11-14(18(15)3)16(19)12-7-9-13(10-8-12)20-5-2/h7-11,16,19H,4-6H2,1-3H3/t16-/m0/s1. The summed E-state index contributed by atoms with van der Waals surface area (Å²) in [6, 6.07) is 7.54. The molecule has 1 aromatic carbocycles. The van der Waals surface area contributed by atoms with E-state index in [2.05, 4.69) is 11.9 Å². The highest BCUT2D eigenvalue weighted by molar-refractivity contribution is 5.32. The summed E-state index contributed by atoms with van der Waals surface area (Å²) in [5.74, 6) is 1.83. The topological polar surface area (TPSA) is 47.3 Å². The van der Waals surface area contributed by atoms with Crippen LogP contribution in [-0.2, 0) is 13.5 Å². The molecule has 0 radical (unpaired) electrons. The fourth-order valence-electron chi connectivity index (χ4n) is 2.26. The van der Waals surface area contributed by atoms with Crippen LogP contribution in [0.25, 0.3) is 0 Å². The molecule has 1 N–H and O–H groups in total. The van der Waals surface area contributed by atoms with Crippen molar-refractivity contribution in [1.29, 1.82) is 0 Å². The van der Waals surface area contributed by atoms with E-state index < -0.39 is 6.10 Å². The number of imidazole rings is 1. The Morgan fingerprint density at radius 2 is 1.95 bits per heavy atom. The number of aliphatic hydroxyl groups is 1. The zero-order valence-electron chi connectivity index (χ0n) is 12.3. The van der Waals surface area contributed by atoms with Crippen LogP contribution in [0.5, 0.6) is 5.75 Å². The number of aromatic nitrogens is 2. The molecule has 20 heavy (non-hydrogen) atoms. The normalized spacial score (nSPS) is 12.4. The van der Waals surface area contributed by atoms with Gasteiger partial charge in [-0.3, -0.25) is 0 Å². The van der Waals surface area contributed by atoms with Gasteiger partial charge in [0, 0.05) is 13.5 Å². The summed E-state index contributed by atoms with van der Waals surface area (Å²) in [6.45, 7) is 4.72. The molecule has 0 unspecified atom stereocenters. The maximum Gasteiger partial charge on any atom is 0.121 e. The fraction of sp³-hybridized carbons (Fsp3) is 0.438. The summed E-state index contributed by atoms with van der Waals surface area (Å²) in [5.41, 5.74) is 1.66. The third kappa shape index (κ3) is 3.02. The first-order valence-electron chi connectivity index (χ1n) is 7.08. The first kappa shape index (κ1) is 14.6. The Hall–Kier alpha value is -1.81. The van der Waals surface area contributed by atoms with Crippen molar-refractivity contribution in [3.8, 4) is 5.75 Å². The summed E-state index contributed by atoms with van der Waals surface area (Å²) in [7, 11) is 1.95. The van der Waals surface area contributed by atoms with Gasteiger partial charge in [0.15, 0.2) is 0 Å². The van der Waals surface area contributed by atoms with Gasteiger partial charge in [0.05, 0.1) is 18.5 Å². The minimum absolute atomic E-state index is 0.643. The van der Waals surface area contributed by atoms with Gasteiger partial charge in [-0.2, -0.15) is 0 Å². The fourth-order valence-corrected chi connectivity index (χ4v) is 2.26. The van der Waals surface area contributed by atoms with E-state index in [-0.39, 0.29) is 0 Å². The largest absolute Gasteiger partial charge is 0.494 e. The number of hydrogen-bond donors (Lipinski definition) is 1. The molecular weight excluding hydrogens is 252 g/mol. The molecule has 0 aliphatic carbocycles. The molecule has 0 fully saturated rings. The molecule has 4 heteroatoms. The van der Waals surface area contributed by atoms with Crippen molar-refractivity contribution < 1.29 is 9.84 Å². The second kappa shape index (κ2) is 6.57. The van der Waals surface area contributed by atoms with Crippen LogP contribution in [0.15, 0.2) is 30.5 Å². The van der Waals surface area contributed by atoms with Crippen LogP contribution >= 0.6 is 0 Å². The van der Waals surface area contributed by atoms with E-state index in [4.69, 9.17) is 4.74 Å². The molecule has 4 nitrogen and oxygen atoms in total. The van der Waals surface area contributed by atoms with E-state index in [9.17, 15) is 5.11 Å². The van der Waals surface area contributed by atoms with Crippen molar-refractivity contribution in [2.75, 3.05) is 6.61 Å². The van der Waals surface area contributed by atoms with Gasteiger partial charge in [-0.25, -0.2) is 4.98 Å². The third-order valence-corrected chi connectivity index (χ3v) is 3.38. The first-order valence-corrected chi connectivity index (χ1v) is 7.08. The van der Waals surface area contributed by atoms with Crippen molar-refractivity contribution in [1.82, 2.24) is 9.55 Å². The van der Waals surface area contributed by atoms with Crippen molar-refractivity contribution in [2.24, 2.45) is 7.05 Å².